The van der Waals surface area contributed by atoms with Crippen molar-refractivity contribution in [2.75, 3.05) is 26.7 Å². The number of carbonyl (C=O) groups excluding carboxylic acids is 2. The molecule has 0 fully saturated rings. The number of hydrogen-bond acceptors (Lipinski definition) is 3. The Hall–Kier alpha value is -1.10. The van der Waals surface area contributed by atoms with E-state index >= 15 is 0 Å². The van der Waals surface area contributed by atoms with Crippen LogP contribution >= 0.6 is 0 Å². The summed E-state index contributed by atoms with van der Waals surface area (Å²) < 4.78 is 0. The van der Waals surface area contributed by atoms with E-state index in [-0.39, 0.29) is 18.4 Å². The average Bonchev–Trinajstić information content (AvgIpc) is 2.27. The summed E-state index contributed by atoms with van der Waals surface area (Å²) in [4.78, 5) is 24.6. The van der Waals surface area contributed by atoms with Crippen molar-refractivity contribution in [3.63, 3.8) is 0 Å². The summed E-state index contributed by atoms with van der Waals surface area (Å²) in [5.74, 6) is -0.204. The first-order chi connectivity index (χ1) is 7.52. The Labute approximate surface area is 97.6 Å². The summed E-state index contributed by atoms with van der Waals surface area (Å²) in [6.07, 6.45) is 0.986. The van der Waals surface area contributed by atoms with Gasteiger partial charge in [-0.05, 0) is 26.8 Å². The van der Waals surface area contributed by atoms with E-state index in [1.807, 2.05) is 13.8 Å². The molecule has 0 aromatic rings. The van der Waals surface area contributed by atoms with E-state index in [2.05, 4.69) is 10.6 Å². The second kappa shape index (κ2) is 8.10. The van der Waals surface area contributed by atoms with Crippen LogP contribution in [0.3, 0.4) is 0 Å². The number of nitrogens with one attached hydrogen (secondary N) is 2. The van der Waals surface area contributed by atoms with E-state index in [1.165, 1.54) is 0 Å². The van der Waals surface area contributed by atoms with Crippen LogP contribution in [-0.2, 0) is 9.59 Å². The zero-order valence-corrected chi connectivity index (χ0v) is 10.7. The van der Waals surface area contributed by atoms with Gasteiger partial charge >= 0.3 is 0 Å². The quantitative estimate of drug-likeness (QED) is 0.603. The lowest BCUT2D eigenvalue weighted by molar-refractivity contribution is -0.134. The van der Waals surface area contributed by atoms with Crippen LogP contribution in [0.4, 0.5) is 0 Å². The fourth-order valence-corrected chi connectivity index (χ4v) is 1.22. The Kier molecular flexibility index (Phi) is 7.54. The fraction of sp³-hybridized carbons (Fsp3) is 0.818. The SMILES string of the molecule is CCCNCC(=O)NC(C)C(=O)N(C)CC. The van der Waals surface area contributed by atoms with Crippen LogP contribution in [0.15, 0.2) is 0 Å². The molecule has 0 bridgehead atoms. The molecule has 5 heteroatoms. The van der Waals surface area contributed by atoms with Crippen molar-refractivity contribution in [3.05, 3.63) is 0 Å². The summed E-state index contributed by atoms with van der Waals surface area (Å²) >= 11 is 0. The standard InChI is InChI=1S/C11H23N3O2/c1-5-7-12-8-10(15)13-9(3)11(16)14(4)6-2/h9,12H,5-8H2,1-4H3,(H,13,15). The van der Waals surface area contributed by atoms with Gasteiger partial charge in [0.05, 0.1) is 6.54 Å². The highest BCUT2D eigenvalue weighted by Crippen LogP contribution is 1.91. The fourth-order valence-electron chi connectivity index (χ4n) is 1.22. The van der Waals surface area contributed by atoms with Gasteiger partial charge in [-0.3, -0.25) is 9.59 Å². The molecule has 2 amide bonds. The zero-order valence-electron chi connectivity index (χ0n) is 10.7. The highest BCUT2D eigenvalue weighted by molar-refractivity contribution is 5.87. The molecule has 94 valence electrons. The lowest BCUT2D eigenvalue weighted by Gasteiger charge is -2.20. The molecule has 0 aliphatic carbocycles. The predicted molar refractivity (Wildman–Crippen MR) is 64.1 cm³/mol. The molecule has 0 spiro atoms. The largest absolute Gasteiger partial charge is 0.344 e. The Bertz CT molecular complexity index is 231. The second-order valence-corrected chi connectivity index (χ2v) is 3.82. The third-order valence-electron chi connectivity index (χ3n) is 2.31. The van der Waals surface area contributed by atoms with Crippen LogP contribution in [0.5, 0.6) is 0 Å². The third kappa shape index (κ3) is 5.70. The number of hydrogen-bond donors (Lipinski definition) is 2. The van der Waals surface area contributed by atoms with Crippen LogP contribution in [-0.4, -0.2) is 49.4 Å². The summed E-state index contributed by atoms with van der Waals surface area (Å²) in [5.41, 5.74) is 0. The maximum atomic E-state index is 11.6. The molecule has 16 heavy (non-hydrogen) atoms. The number of amides is 2. The first-order valence-electron chi connectivity index (χ1n) is 5.77. The Morgan fingerprint density at radius 1 is 1.31 bits per heavy atom. The van der Waals surface area contributed by atoms with Gasteiger partial charge in [-0.1, -0.05) is 6.92 Å². The van der Waals surface area contributed by atoms with Crippen molar-refractivity contribution >= 4 is 11.8 Å². The second-order valence-electron chi connectivity index (χ2n) is 3.82. The molecule has 0 radical (unpaired) electrons. The Morgan fingerprint density at radius 3 is 2.44 bits per heavy atom. The van der Waals surface area contributed by atoms with Crippen molar-refractivity contribution in [2.24, 2.45) is 0 Å². The lowest BCUT2D eigenvalue weighted by atomic mass is 10.3. The maximum absolute atomic E-state index is 11.6. The van der Waals surface area contributed by atoms with Crippen molar-refractivity contribution in [2.45, 2.75) is 33.2 Å². The van der Waals surface area contributed by atoms with Crippen LogP contribution in [0, 0.1) is 0 Å². The van der Waals surface area contributed by atoms with Gasteiger partial charge in [0.1, 0.15) is 6.04 Å². The summed E-state index contributed by atoms with van der Waals surface area (Å²) in [6.45, 7) is 7.35. The molecule has 1 unspecified atom stereocenters. The molecular formula is C11H23N3O2. The van der Waals surface area contributed by atoms with Crippen LogP contribution in [0.25, 0.3) is 0 Å². The van der Waals surface area contributed by atoms with E-state index in [1.54, 1.807) is 18.9 Å². The highest BCUT2D eigenvalue weighted by atomic mass is 16.2. The van der Waals surface area contributed by atoms with E-state index in [4.69, 9.17) is 0 Å². The van der Waals surface area contributed by atoms with Crippen molar-refractivity contribution in [1.82, 2.24) is 15.5 Å². The highest BCUT2D eigenvalue weighted by Gasteiger charge is 2.17. The van der Waals surface area contributed by atoms with Gasteiger partial charge in [0.15, 0.2) is 0 Å². The predicted octanol–water partition coefficient (Wildman–Crippen LogP) is -0.0310. The molecule has 5 nitrogen and oxygen atoms in total. The molecule has 0 saturated carbocycles. The minimum atomic E-state index is -0.458. The maximum Gasteiger partial charge on any atom is 0.244 e. The average molecular weight is 229 g/mol. The Balaban J connectivity index is 3.89. The van der Waals surface area contributed by atoms with E-state index in [0.717, 1.165) is 13.0 Å². The van der Waals surface area contributed by atoms with Crippen LogP contribution in [0.2, 0.25) is 0 Å². The first kappa shape index (κ1) is 14.9. The molecule has 1 atom stereocenters. The topological polar surface area (TPSA) is 61.4 Å². The Morgan fingerprint density at radius 2 is 1.94 bits per heavy atom. The molecule has 2 N–H and O–H groups in total. The molecule has 0 aromatic heterocycles. The van der Waals surface area contributed by atoms with Crippen molar-refractivity contribution < 1.29 is 9.59 Å². The van der Waals surface area contributed by atoms with Crippen LogP contribution in [0.1, 0.15) is 27.2 Å². The monoisotopic (exact) mass is 229 g/mol. The minimum absolute atomic E-state index is 0.0636. The van der Waals surface area contributed by atoms with Gasteiger partial charge in [0.2, 0.25) is 11.8 Å². The van der Waals surface area contributed by atoms with Crippen molar-refractivity contribution in [3.8, 4) is 0 Å². The van der Waals surface area contributed by atoms with Gasteiger partial charge in [0.25, 0.3) is 0 Å². The molecular weight excluding hydrogens is 206 g/mol. The summed E-state index contributed by atoms with van der Waals surface area (Å²) in [7, 11) is 1.72. The lowest BCUT2D eigenvalue weighted by Crippen LogP contribution is -2.47. The molecule has 0 saturated heterocycles. The molecule has 0 aromatic carbocycles. The van der Waals surface area contributed by atoms with Crippen molar-refractivity contribution in [1.29, 1.82) is 0 Å². The smallest absolute Gasteiger partial charge is 0.244 e. The first-order valence-corrected chi connectivity index (χ1v) is 5.77. The normalized spacial score (nSPS) is 12.0. The van der Waals surface area contributed by atoms with Crippen LogP contribution < -0.4 is 10.6 Å². The van der Waals surface area contributed by atoms with Gasteiger partial charge in [-0.25, -0.2) is 0 Å². The third-order valence-corrected chi connectivity index (χ3v) is 2.31. The molecule has 0 heterocycles. The van der Waals surface area contributed by atoms with Gasteiger partial charge in [-0.2, -0.15) is 0 Å². The van der Waals surface area contributed by atoms with E-state index < -0.39 is 6.04 Å². The van der Waals surface area contributed by atoms with Gasteiger partial charge in [-0.15, -0.1) is 0 Å². The van der Waals surface area contributed by atoms with Gasteiger partial charge < -0.3 is 15.5 Å². The molecule has 0 aliphatic rings. The molecule has 0 aliphatic heterocycles. The van der Waals surface area contributed by atoms with E-state index in [9.17, 15) is 9.59 Å². The minimum Gasteiger partial charge on any atom is -0.344 e. The van der Waals surface area contributed by atoms with Gasteiger partial charge in [0, 0.05) is 13.6 Å². The number of likely N-dealkylation sites (N-methyl/N-ethyl adjacent to an activating group) is 1. The van der Waals surface area contributed by atoms with E-state index in [0.29, 0.717) is 6.54 Å². The number of carbonyl (C=O) groups is 2. The summed E-state index contributed by atoms with van der Waals surface area (Å²) in [5, 5.41) is 5.65. The number of nitrogens with zero attached hydrogens (tertiary/aromatic N) is 1. The molecule has 0 rings (SSSR count). The zero-order chi connectivity index (χ0) is 12.6. The summed E-state index contributed by atoms with van der Waals surface area (Å²) in [6, 6.07) is -0.458. The number of rotatable bonds is 7.